The lowest BCUT2D eigenvalue weighted by molar-refractivity contribution is 0.203. The molecule has 1 aliphatic heterocycles. The first kappa shape index (κ1) is 15.3. The van der Waals surface area contributed by atoms with Crippen molar-refractivity contribution >= 4 is 0 Å². The van der Waals surface area contributed by atoms with E-state index < -0.39 is 0 Å². The predicted octanol–water partition coefficient (Wildman–Crippen LogP) is 3.52. The normalized spacial score (nSPS) is 28.1. The molecule has 1 heterocycles. The average Bonchev–Trinajstić information content (AvgIpc) is 2.98. The summed E-state index contributed by atoms with van der Waals surface area (Å²) in [5.41, 5.74) is 0.482. The average molecular weight is 266 g/mol. The van der Waals surface area contributed by atoms with Crippen LogP contribution in [-0.4, -0.2) is 37.1 Å². The summed E-state index contributed by atoms with van der Waals surface area (Å²) in [7, 11) is 0. The van der Waals surface area contributed by atoms with Gasteiger partial charge in [-0.3, -0.25) is 0 Å². The third-order valence-corrected chi connectivity index (χ3v) is 5.39. The summed E-state index contributed by atoms with van der Waals surface area (Å²) >= 11 is 0. The molecular formula is C17H34N2. The lowest BCUT2D eigenvalue weighted by atomic mass is 9.80. The molecule has 2 heteroatoms. The maximum atomic E-state index is 3.76. The number of likely N-dealkylation sites (tertiary alicyclic amines) is 1. The van der Waals surface area contributed by atoms with E-state index in [2.05, 4.69) is 37.9 Å². The third kappa shape index (κ3) is 4.19. The van der Waals surface area contributed by atoms with Crippen LogP contribution in [0.15, 0.2) is 0 Å². The Morgan fingerprint density at radius 1 is 1.16 bits per heavy atom. The first-order chi connectivity index (χ1) is 9.00. The molecule has 0 amide bonds. The van der Waals surface area contributed by atoms with Gasteiger partial charge in [-0.25, -0.2) is 0 Å². The molecule has 19 heavy (non-hydrogen) atoms. The van der Waals surface area contributed by atoms with Crippen molar-refractivity contribution in [2.75, 3.05) is 26.2 Å². The zero-order valence-corrected chi connectivity index (χ0v) is 13.5. The molecular weight excluding hydrogens is 232 g/mol. The molecule has 1 N–H and O–H groups in total. The topological polar surface area (TPSA) is 15.3 Å². The van der Waals surface area contributed by atoms with Crippen molar-refractivity contribution in [3.63, 3.8) is 0 Å². The molecule has 2 aliphatic rings. The molecule has 0 aromatic carbocycles. The maximum Gasteiger partial charge on any atom is 0.0223 e. The van der Waals surface area contributed by atoms with Crippen LogP contribution in [0, 0.1) is 17.3 Å². The van der Waals surface area contributed by atoms with Gasteiger partial charge in [0.1, 0.15) is 0 Å². The Morgan fingerprint density at radius 3 is 2.37 bits per heavy atom. The second kappa shape index (κ2) is 6.58. The van der Waals surface area contributed by atoms with Gasteiger partial charge in [-0.05, 0) is 49.6 Å². The van der Waals surface area contributed by atoms with E-state index in [0.717, 1.165) is 24.4 Å². The van der Waals surface area contributed by atoms with Gasteiger partial charge in [0.25, 0.3) is 0 Å². The number of nitrogens with one attached hydrogen (secondary N) is 1. The van der Waals surface area contributed by atoms with Crippen molar-refractivity contribution in [3.05, 3.63) is 0 Å². The second-order valence-corrected chi connectivity index (χ2v) is 7.82. The molecule has 2 fully saturated rings. The van der Waals surface area contributed by atoms with Gasteiger partial charge >= 0.3 is 0 Å². The molecule has 2 nitrogen and oxygen atoms in total. The molecule has 1 aliphatic carbocycles. The van der Waals surface area contributed by atoms with Gasteiger partial charge in [-0.15, -0.1) is 0 Å². The van der Waals surface area contributed by atoms with Crippen molar-refractivity contribution in [2.45, 2.75) is 65.8 Å². The lowest BCUT2D eigenvalue weighted by Gasteiger charge is -2.31. The van der Waals surface area contributed by atoms with Crippen LogP contribution in [0.25, 0.3) is 0 Å². The second-order valence-electron chi connectivity index (χ2n) is 7.82. The van der Waals surface area contributed by atoms with Gasteiger partial charge in [0.15, 0.2) is 0 Å². The highest BCUT2D eigenvalue weighted by molar-refractivity contribution is 4.88. The SMILES string of the molecule is CCNC(CN1CCC(C(C)(C)C)C1)C1CCCC1. The molecule has 0 aromatic heterocycles. The van der Waals surface area contributed by atoms with Crippen LogP contribution in [0.4, 0.5) is 0 Å². The van der Waals surface area contributed by atoms with Crippen LogP contribution in [0.3, 0.4) is 0 Å². The maximum absolute atomic E-state index is 3.76. The number of rotatable bonds is 5. The molecule has 112 valence electrons. The molecule has 0 aromatic rings. The summed E-state index contributed by atoms with van der Waals surface area (Å²) in [4.78, 5) is 2.72. The Balaban J connectivity index is 1.84. The molecule has 0 radical (unpaired) electrons. The van der Waals surface area contributed by atoms with Gasteiger partial charge in [0.2, 0.25) is 0 Å². The van der Waals surface area contributed by atoms with E-state index >= 15 is 0 Å². The minimum Gasteiger partial charge on any atom is -0.313 e. The van der Waals surface area contributed by atoms with Crippen LogP contribution in [0.5, 0.6) is 0 Å². The van der Waals surface area contributed by atoms with Crippen LogP contribution in [-0.2, 0) is 0 Å². The summed E-state index contributed by atoms with van der Waals surface area (Å²) in [6, 6.07) is 0.742. The summed E-state index contributed by atoms with van der Waals surface area (Å²) in [5.74, 6) is 1.83. The highest BCUT2D eigenvalue weighted by Crippen LogP contribution is 2.34. The third-order valence-electron chi connectivity index (χ3n) is 5.39. The van der Waals surface area contributed by atoms with Crippen molar-refractivity contribution in [2.24, 2.45) is 17.3 Å². The Hall–Kier alpha value is -0.0800. The fourth-order valence-electron chi connectivity index (χ4n) is 3.99. The molecule has 2 rings (SSSR count). The molecule has 0 spiro atoms. The summed E-state index contributed by atoms with van der Waals surface area (Å²) in [5, 5.41) is 3.76. The number of hydrogen-bond donors (Lipinski definition) is 1. The van der Waals surface area contributed by atoms with E-state index in [1.165, 1.54) is 51.7 Å². The monoisotopic (exact) mass is 266 g/mol. The van der Waals surface area contributed by atoms with Gasteiger partial charge in [0.05, 0.1) is 0 Å². The molecule has 2 unspecified atom stereocenters. The van der Waals surface area contributed by atoms with Crippen molar-refractivity contribution in [1.29, 1.82) is 0 Å². The summed E-state index contributed by atoms with van der Waals surface area (Å²) in [6.07, 6.45) is 7.21. The van der Waals surface area contributed by atoms with Crippen LogP contribution < -0.4 is 5.32 Å². The Kier molecular flexibility index (Phi) is 5.30. The minimum atomic E-state index is 0.482. The smallest absolute Gasteiger partial charge is 0.0223 e. The van der Waals surface area contributed by atoms with E-state index in [1.807, 2.05) is 0 Å². The van der Waals surface area contributed by atoms with Gasteiger partial charge in [-0.2, -0.15) is 0 Å². The van der Waals surface area contributed by atoms with E-state index in [4.69, 9.17) is 0 Å². The van der Waals surface area contributed by atoms with Crippen molar-refractivity contribution in [3.8, 4) is 0 Å². The Bertz CT molecular complexity index is 263. The van der Waals surface area contributed by atoms with Crippen LogP contribution >= 0.6 is 0 Å². The first-order valence-electron chi connectivity index (χ1n) is 8.46. The Morgan fingerprint density at radius 2 is 1.84 bits per heavy atom. The van der Waals surface area contributed by atoms with E-state index in [0.29, 0.717) is 5.41 Å². The van der Waals surface area contributed by atoms with Crippen molar-refractivity contribution in [1.82, 2.24) is 10.2 Å². The molecule has 1 saturated heterocycles. The molecule has 1 saturated carbocycles. The minimum absolute atomic E-state index is 0.482. The van der Waals surface area contributed by atoms with E-state index in [9.17, 15) is 0 Å². The zero-order chi connectivity index (χ0) is 13.9. The van der Waals surface area contributed by atoms with Crippen molar-refractivity contribution < 1.29 is 0 Å². The van der Waals surface area contributed by atoms with Crippen LogP contribution in [0.1, 0.15) is 59.8 Å². The van der Waals surface area contributed by atoms with Gasteiger partial charge < -0.3 is 10.2 Å². The van der Waals surface area contributed by atoms with Gasteiger partial charge in [-0.1, -0.05) is 40.5 Å². The quantitative estimate of drug-likeness (QED) is 0.819. The predicted molar refractivity (Wildman–Crippen MR) is 83.4 cm³/mol. The zero-order valence-electron chi connectivity index (χ0n) is 13.5. The molecule has 2 atom stereocenters. The van der Waals surface area contributed by atoms with Crippen LogP contribution in [0.2, 0.25) is 0 Å². The largest absolute Gasteiger partial charge is 0.313 e. The molecule has 0 bridgehead atoms. The summed E-state index contributed by atoms with van der Waals surface area (Å²) in [6.45, 7) is 14.5. The fraction of sp³-hybridized carbons (Fsp3) is 1.00. The van der Waals surface area contributed by atoms with E-state index in [1.54, 1.807) is 0 Å². The Labute approximate surface area is 120 Å². The summed E-state index contributed by atoms with van der Waals surface area (Å²) < 4.78 is 0. The highest BCUT2D eigenvalue weighted by atomic mass is 15.2. The van der Waals surface area contributed by atoms with E-state index in [-0.39, 0.29) is 0 Å². The fourth-order valence-corrected chi connectivity index (χ4v) is 3.99. The van der Waals surface area contributed by atoms with Gasteiger partial charge in [0, 0.05) is 19.1 Å². The number of hydrogen-bond acceptors (Lipinski definition) is 2. The number of likely N-dealkylation sites (N-methyl/N-ethyl adjacent to an activating group) is 1. The standard InChI is InChI=1S/C17H34N2/c1-5-18-16(14-8-6-7-9-14)13-19-11-10-15(12-19)17(2,3)4/h14-16,18H,5-13H2,1-4H3. The number of nitrogens with zero attached hydrogens (tertiary/aromatic N) is 1. The first-order valence-corrected chi connectivity index (χ1v) is 8.46. The highest BCUT2D eigenvalue weighted by Gasteiger charge is 2.34. The lowest BCUT2D eigenvalue weighted by Crippen LogP contribution is -2.44.